The maximum absolute atomic E-state index is 2.49. The fourth-order valence-corrected chi connectivity index (χ4v) is 10.6. The van der Waals surface area contributed by atoms with E-state index in [1.807, 2.05) is 0 Å². The molecular formula is C61H47N3. The van der Waals surface area contributed by atoms with E-state index in [1.165, 1.54) is 77.3 Å². The van der Waals surface area contributed by atoms with E-state index >= 15 is 0 Å². The number of benzene rings is 9. The standard InChI is InChI=1S/C61H47N3/c1-61(2)55-27-15-14-25-52(55)53-26-16-28-58(60(53)61)63(50-37-35-48(36-38-50)62(45-18-6-3-7-19-45)46-20-8-4-9-21-46)49-33-29-42(30-34-49)44-32-39-56-54(41-44)59-51-24-13-12-17-43(51)31-40-57(59)64(56)47-22-10-5-11-23-47/h3-10,12-22,24-41H,11,23H2,1-2H3. The summed E-state index contributed by atoms with van der Waals surface area (Å²) in [6, 6.07) is 75.8. The third kappa shape index (κ3) is 6.11. The van der Waals surface area contributed by atoms with Crippen molar-refractivity contribution in [1.29, 1.82) is 0 Å². The highest BCUT2D eigenvalue weighted by molar-refractivity contribution is 6.22. The zero-order valence-corrected chi connectivity index (χ0v) is 36.1. The summed E-state index contributed by atoms with van der Waals surface area (Å²) in [4.78, 5) is 4.79. The summed E-state index contributed by atoms with van der Waals surface area (Å²) in [5, 5.41) is 5.16. The molecule has 12 rings (SSSR count). The summed E-state index contributed by atoms with van der Waals surface area (Å²) in [5.74, 6) is 0. The predicted molar refractivity (Wildman–Crippen MR) is 272 cm³/mol. The molecule has 0 bridgehead atoms. The van der Waals surface area contributed by atoms with Crippen molar-refractivity contribution in [3.63, 3.8) is 0 Å². The molecule has 64 heavy (non-hydrogen) atoms. The Labute approximate surface area is 375 Å². The lowest BCUT2D eigenvalue weighted by atomic mass is 9.81. The van der Waals surface area contributed by atoms with Crippen LogP contribution in [0.15, 0.2) is 224 Å². The smallest absolute Gasteiger partial charge is 0.0544 e. The normalized spacial score (nSPS) is 13.8. The molecule has 0 radical (unpaired) electrons. The number of allylic oxidation sites excluding steroid dienone is 4. The number of para-hydroxylation sites is 2. The third-order valence-corrected chi connectivity index (χ3v) is 13.6. The SMILES string of the molecule is CC1(C)c2ccccc2-c2cccc(N(c3ccc(-c4ccc5c(c4)c4c6ccccc6ccc4n5C4=CC=CCC4)cc3)c3ccc(N(c4ccccc4)c4ccccc4)cc3)c21. The number of nitrogens with zero attached hydrogens (tertiary/aromatic N) is 3. The van der Waals surface area contributed by atoms with Crippen molar-refractivity contribution >= 4 is 72.4 Å². The van der Waals surface area contributed by atoms with Crippen LogP contribution < -0.4 is 9.80 Å². The van der Waals surface area contributed by atoms with Crippen LogP contribution in [0.1, 0.15) is 37.8 Å². The van der Waals surface area contributed by atoms with Gasteiger partial charge in [-0.15, -0.1) is 0 Å². The molecule has 306 valence electrons. The van der Waals surface area contributed by atoms with Crippen LogP contribution in [0.25, 0.3) is 60.5 Å². The van der Waals surface area contributed by atoms with E-state index in [2.05, 4.69) is 253 Å². The van der Waals surface area contributed by atoms with Gasteiger partial charge in [-0.2, -0.15) is 0 Å². The Morgan fingerprint density at radius 1 is 0.469 bits per heavy atom. The summed E-state index contributed by atoms with van der Waals surface area (Å²) >= 11 is 0. The van der Waals surface area contributed by atoms with E-state index in [0.717, 1.165) is 41.3 Å². The number of hydrogen-bond donors (Lipinski definition) is 0. The molecule has 2 aliphatic rings. The van der Waals surface area contributed by atoms with Gasteiger partial charge in [-0.05, 0) is 148 Å². The molecule has 2 aliphatic carbocycles. The lowest BCUT2D eigenvalue weighted by molar-refractivity contribution is 0.661. The number of hydrogen-bond acceptors (Lipinski definition) is 2. The van der Waals surface area contributed by atoms with Crippen molar-refractivity contribution in [2.24, 2.45) is 0 Å². The molecule has 3 nitrogen and oxygen atoms in total. The van der Waals surface area contributed by atoms with Crippen molar-refractivity contribution in [3.05, 3.63) is 236 Å². The second-order valence-corrected chi connectivity index (χ2v) is 17.6. The molecule has 9 aromatic carbocycles. The summed E-state index contributed by atoms with van der Waals surface area (Å²) in [5.41, 5.74) is 18.1. The molecule has 10 aromatic rings. The van der Waals surface area contributed by atoms with Crippen molar-refractivity contribution in [1.82, 2.24) is 4.57 Å². The molecule has 0 amide bonds. The third-order valence-electron chi connectivity index (χ3n) is 13.6. The van der Waals surface area contributed by atoms with E-state index in [0.29, 0.717) is 0 Å². The van der Waals surface area contributed by atoms with Crippen LogP contribution in [0.4, 0.5) is 34.1 Å². The fourth-order valence-electron chi connectivity index (χ4n) is 10.6. The molecule has 0 aliphatic heterocycles. The number of anilines is 6. The van der Waals surface area contributed by atoms with E-state index in [9.17, 15) is 0 Å². The minimum atomic E-state index is -0.194. The molecule has 1 heterocycles. The topological polar surface area (TPSA) is 11.4 Å². The highest BCUT2D eigenvalue weighted by Crippen LogP contribution is 2.54. The van der Waals surface area contributed by atoms with Gasteiger partial charge in [0.15, 0.2) is 0 Å². The first-order valence-electron chi connectivity index (χ1n) is 22.5. The predicted octanol–water partition coefficient (Wildman–Crippen LogP) is 17.1. The minimum absolute atomic E-state index is 0.194. The summed E-state index contributed by atoms with van der Waals surface area (Å²) in [6.45, 7) is 4.75. The first kappa shape index (κ1) is 37.8. The minimum Gasteiger partial charge on any atom is -0.313 e. The van der Waals surface area contributed by atoms with Gasteiger partial charge in [0.1, 0.15) is 0 Å². The van der Waals surface area contributed by atoms with Crippen LogP contribution >= 0.6 is 0 Å². The second kappa shape index (κ2) is 15.2. The van der Waals surface area contributed by atoms with Gasteiger partial charge in [0, 0.05) is 50.3 Å². The molecule has 0 saturated heterocycles. The zero-order chi connectivity index (χ0) is 42.8. The molecule has 3 heteroatoms. The molecule has 0 fully saturated rings. The lowest BCUT2D eigenvalue weighted by Gasteiger charge is -2.33. The quantitative estimate of drug-likeness (QED) is 0.151. The molecule has 0 N–H and O–H groups in total. The van der Waals surface area contributed by atoms with Gasteiger partial charge in [-0.3, -0.25) is 0 Å². The van der Waals surface area contributed by atoms with Crippen LogP contribution in [-0.2, 0) is 5.41 Å². The van der Waals surface area contributed by atoms with E-state index in [-0.39, 0.29) is 5.41 Å². The van der Waals surface area contributed by atoms with Gasteiger partial charge in [0.25, 0.3) is 0 Å². The Morgan fingerprint density at radius 3 is 1.78 bits per heavy atom. The van der Waals surface area contributed by atoms with Crippen molar-refractivity contribution in [2.45, 2.75) is 32.1 Å². The van der Waals surface area contributed by atoms with Gasteiger partial charge in [-0.1, -0.05) is 147 Å². The van der Waals surface area contributed by atoms with E-state index < -0.39 is 0 Å². The van der Waals surface area contributed by atoms with Gasteiger partial charge >= 0.3 is 0 Å². The van der Waals surface area contributed by atoms with Gasteiger partial charge in [-0.25, -0.2) is 0 Å². The van der Waals surface area contributed by atoms with Crippen molar-refractivity contribution < 1.29 is 0 Å². The van der Waals surface area contributed by atoms with Gasteiger partial charge < -0.3 is 14.4 Å². The van der Waals surface area contributed by atoms with Crippen molar-refractivity contribution in [3.8, 4) is 22.3 Å². The Morgan fingerprint density at radius 2 is 1.06 bits per heavy atom. The monoisotopic (exact) mass is 821 g/mol. The first-order valence-corrected chi connectivity index (χ1v) is 22.5. The van der Waals surface area contributed by atoms with Crippen molar-refractivity contribution in [2.75, 3.05) is 9.80 Å². The molecule has 1 aromatic heterocycles. The van der Waals surface area contributed by atoms with Crippen LogP contribution in [0.5, 0.6) is 0 Å². The molecule has 0 atom stereocenters. The van der Waals surface area contributed by atoms with Crippen LogP contribution in [0, 0.1) is 0 Å². The van der Waals surface area contributed by atoms with Crippen LogP contribution in [-0.4, -0.2) is 4.57 Å². The lowest BCUT2D eigenvalue weighted by Crippen LogP contribution is -2.20. The fraction of sp³-hybridized carbons (Fsp3) is 0.0820. The highest BCUT2D eigenvalue weighted by Gasteiger charge is 2.38. The summed E-state index contributed by atoms with van der Waals surface area (Å²) in [7, 11) is 0. The second-order valence-electron chi connectivity index (χ2n) is 17.6. The molecule has 0 saturated carbocycles. The van der Waals surface area contributed by atoms with Crippen LogP contribution in [0.2, 0.25) is 0 Å². The Bertz CT molecular complexity index is 3410. The molecule has 0 unspecified atom stereocenters. The Balaban J connectivity index is 0.996. The summed E-state index contributed by atoms with van der Waals surface area (Å²) < 4.78 is 2.49. The number of aromatic nitrogens is 1. The van der Waals surface area contributed by atoms with Gasteiger partial charge in [0.05, 0.1) is 16.7 Å². The summed E-state index contributed by atoms with van der Waals surface area (Å²) in [6.07, 6.45) is 8.84. The number of fused-ring (bicyclic) bond motifs is 8. The maximum Gasteiger partial charge on any atom is 0.0544 e. The Hall–Kier alpha value is -7.88. The van der Waals surface area contributed by atoms with Crippen LogP contribution in [0.3, 0.4) is 0 Å². The Kier molecular flexibility index (Phi) is 8.98. The van der Waals surface area contributed by atoms with E-state index in [4.69, 9.17) is 0 Å². The number of rotatable bonds is 8. The first-order chi connectivity index (χ1) is 31.5. The zero-order valence-electron chi connectivity index (χ0n) is 36.1. The van der Waals surface area contributed by atoms with E-state index in [1.54, 1.807) is 0 Å². The molecular weight excluding hydrogens is 775 g/mol. The average Bonchev–Trinajstić information content (AvgIpc) is 3.82. The largest absolute Gasteiger partial charge is 0.313 e. The highest BCUT2D eigenvalue weighted by atomic mass is 15.2. The van der Waals surface area contributed by atoms with Gasteiger partial charge in [0.2, 0.25) is 0 Å². The maximum atomic E-state index is 2.49. The molecule has 0 spiro atoms. The average molecular weight is 822 g/mol.